The number of nitriles is 1. The molecule has 1 fully saturated rings. The van der Waals surface area contributed by atoms with Crippen molar-refractivity contribution in [1.29, 1.82) is 5.26 Å². The van der Waals surface area contributed by atoms with E-state index >= 15 is 0 Å². The molecule has 2 N–H and O–H groups in total. The van der Waals surface area contributed by atoms with Gasteiger partial charge in [-0.2, -0.15) is 10.5 Å². The first-order valence-electron chi connectivity index (χ1n) is 9.80. The number of hydrogen-bond donors (Lipinski definition) is 2. The SMILES string of the molecule is COC(=O)N1CCN(c2cccc(-c3cc(=O)[nH]c(SCc4nn[nH]n4)c3C#N)c2)CC1. The van der Waals surface area contributed by atoms with Crippen molar-refractivity contribution >= 4 is 23.5 Å². The van der Waals surface area contributed by atoms with E-state index in [0.717, 1.165) is 11.3 Å². The number of methoxy groups -OCH3 is 1. The van der Waals surface area contributed by atoms with Gasteiger partial charge in [-0.3, -0.25) is 4.79 Å². The van der Waals surface area contributed by atoms with E-state index < -0.39 is 0 Å². The fourth-order valence-corrected chi connectivity index (χ4v) is 4.38. The number of carbonyl (C=O) groups is 1. The molecule has 0 radical (unpaired) electrons. The molecule has 2 aromatic heterocycles. The van der Waals surface area contributed by atoms with Crippen LogP contribution in [0.2, 0.25) is 0 Å². The van der Waals surface area contributed by atoms with Gasteiger partial charge in [0, 0.05) is 43.5 Å². The molecule has 0 aliphatic carbocycles. The predicted octanol–water partition coefficient (Wildman–Crippen LogP) is 1.61. The van der Waals surface area contributed by atoms with Gasteiger partial charge < -0.3 is 19.5 Å². The molecule has 11 nitrogen and oxygen atoms in total. The first kappa shape index (κ1) is 21.4. The molecule has 1 aliphatic rings. The van der Waals surface area contributed by atoms with Crippen LogP contribution < -0.4 is 10.5 Å². The molecule has 0 unspecified atom stereocenters. The van der Waals surface area contributed by atoms with Gasteiger partial charge in [0.05, 0.1) is 23.5 Å². The molecule has 3 heterocycles. The molecule has 32 heavy (non-hydrogen) atoms. The Morgan fingerprint density at radius 3 is 2.78 bits per heavy atom. The molecule has 1 aromatic carbocycles. The van der Waals surface area contributed by atoms with Crippen LogP contribution in [0.3, 0.4) is 0 Å². The standard InChI is InChI=1S/C20H20N8O3S/c1-31-20(30)28-7-5-27(6-8-28)14-4-2-3-13(9-14)15-10-18(29)22-19(16(15)11-21)32-12-17-23-25-26-24-17/h2-4,9-10H,5-8,12H2,1H3,(H,22,29)(H,23,24,25,26). The van der Waals surface area contributed by atoms with Crippen molar-refractivity contribution < 1.29 is 9.53 Å². The van der Waals surface area contributed by atoms with Crippen molar-refractivity contribution in [3.05, 3.63) is 52.1 Å². The molecule has 4 rings (SSSR count). The number of rotatable bonds is 5. The highest BCUT2D eigenvalue weighted by Gasteiger charge is 2.22. The van der Waals surface area contributed by atoms with Crippen LogP contribution in [0.5, 0.6) is 0 Å². The summed E-state index contributed by atoms with van der Waals surface area (Å²) in [4.78, 5) is 30.6. The quantitative estimate of drug-likeness (QED) is 0.552. The van der Waals surface area contributed by atoms with Crippen LogP contribution in [0, 0.1) is 11.3 Å². The first-order valence-corrected chi connectivity index (χ1v) is 10.8. The Balaban J connectivity index is 1.59. The molecule has 0 bridgehead atoms. The average molecular weight is 453 g/mol. The molecule has 164 valence electrons. The van der Waals surface area contributed by atoms with E-state index in [-0.39, 0.29) is 11.7 Å². The van der Waals surface area contributed by atoms with Gasteiger partial charge in [0.2, 0.25) is 5.56 Å². The minimum atomic E-state index is -0.327. The molecule has 0 atom stereocenters. The van der Waals surface area contributed by atoms with Crippen LogP contribution in [-0.2, 0) is 10.5 Å². The maximum absolute atomic E-state index is 12.3. The Morgan fingerprint density at radius 2 is 2.09 bits per heavy atom. The second-order valence-electron chi connectivity index (χ2n) is 6.97. The van der Waals surface area contributed by atoms with E-state index in [1.54, 1.807) is 4.90 Å². The summed E-state index contributed by atoms with van der Waals surface area (Å²) < 4.78 is 4.79. The molecule has 12 heteroatoms. The van der Waals surface area contributed by atoms with Crippen molar-refractivity contribution in [2.45, 2.75) is 10.8 Å². The van der Waals surface area contributed by atoms with E-state index in [1.807, 2.05) is 24.3 Å². The monoisotopic (exact) mass is 452 g/mol. The van der Waals surface area contributed by atoms with Crippen LogP contribution in [0.1, 0.15) is 11.4 Å². The summed E-state index contributed by atoms with van der Waals surface area (Å²) in [5.41, 5.74) is 2.36. The Kier molecular flexibility index (Phi) is 6.37. The van der Waals surface area contributed by atoms with Crippen LogP contribution in [0.4, 0.5) is 10.5 Å². The Morgan fingerprint density at radius 1 is 1.28 bits per heavy atom. The fourth-order valence-electron chi connectivity index (χ4n) is 3.51. The lowest BCUT2D eigenvalue weighted by molar-refractivity contribution is 0.121. The summed E-state index contributed by atoms with van der Waals surface area (Å²) in [5.74, 6) is 0.827. The Bertz CT molecular complexity index is 1200. The zero-order valence-electron chi connectivity index (χ0n) is 17.2. The summed E-state index contributed by atoms with van der Waals surface area (Å²) >= 11 is 1.27. The van der Waals surface area contributed by atoms with E-state index in [4.69, 9.17) is 4.74 Å². The molecule has 1 aliphatic heterocycles. The van der Waals surface area contributed by atoms with E-state index in [2.05, 4.69) is 36.6 Å². The number of amides is 1. The number of piperazine rings is 1. The van der Waals surface area contributed by atoms with Crippen LogP contribution in [0.25, 0.3) is 11.1 Å². The van der Waals surface area contributed by atoms with Crippen molar-refractivity contribution in [3.63, 3.8) is 0 Å². The van der Waals surface area contributed by atoms with Crippen molar-refractivity contribution in [2.75, 3.05) is 38.2 Å². The van der Waals surface area contributed by atoms with E-state index in [0.29, 0.717) is 53.9 Å². The van der Waals surface area contributed by atoms with Gasteiger partial charge in [-0.25, -0.2) is 4.79 Å². The lowest BCUT2D eigenvalue weighted by Gasteiger charge is -2.35. The van der Waals surface area contributed by atoms with Crippen molar-refractivity contribution in [1.82, 2.24) is 30.5 Å². The second kappa shape index (κ2) is 9.52. The number of pyridine rings is 1. The number of H-pyrrole nitrogens is 2. The molecule has 3 aromatic rings. The number of ether oxygens (including phenoxy) is 1. The number of benzene rings is 1. The summed E-state index contributed by atoms with van der Waals surface area (Å²) in [7, 11) is 1.38. The zero-order chi connectivity index (χ0) is 22.5. The minimum absolute atomic E-state index is 0.299. The highest BCUT2D eigenvalue weighted by Crippen LogP contribution is 2.32. The van der Waals surface area contributed by atoms with Gasteiger partial charge in [0.25, 0.3) is 0 Å². The van der Waals surface area contributed by atoms with Gasteiger partial charge in [0.1, 0.15) is 6.07 Å². The molecular formula is C20H20N8O3S. The third-order valence-electron chi connectivity index (χ3n) is 5.09. The van der Waals surface area contributed by atoms with Crippen LogP contribution in [-0.4, -0.2) is 69.9 Å². The summed E-state index contributed by atoms with van der Waals surface area (Å²) in [6.45, 7) is 2.43. The number of carbonyl (C=O) groups excluding carboxylic acids is 1. The normalized spacial score (nSPS) is 13.6. The van der Waals surface area contributed by atoms with Crippen LogP contribution >= 0.6 is 11.8 Å². The summed E-state index contributed by atoms with van der Waals surface area (Å²) in [6.07, 6.45) is -0.327. The first-order chi connectivity index (χ1) is 15.6. The third kappa shape index (κ3) is 4.57. The summed E-state index contributed by atoms with van der Waals surface area (Å²) in [5, 5.41) is 24.0. The molecular weight excluding hydrogens is 432 g/mol. The van der Waals surface area contributed by atoms with Gasteiger partial charge in [0.15, 0.2) is 5.82 Å². The number of tetrazole rings is 1. The van der Waals surface area contributed by atoms with Gasteiger partial charge in [-0.15, -0.1) is 10.2 Å². The summed E-state index contributed by atoms with van der Waals surface area (Å²) in [6, 6.07) is 11.3. The van der Waals surface area contributed by atoms with Crippen molar-refractivity contribution in [3.8, 4) is 17.2 Å². The third-order valence-corrected chi connectivity index (χ3v) is 6.09. The number of aromatic amines is 2. The highest BCUT2D eigenvalue weighted by molar-refractivity contribution is 7.98. The van der Waals surface area contributed by atoms with E-state index in [9.17, 15) is 14.9 Å². The topological polar surface area (TPSA) is 144 Å². The number of anilines is 1. The minimum Gasteiger partial charge on any atom is -0.453 e. The fraction of sp³-hybridized carbons (Fsp3) is 0.300. The van der Waals surface area contributed by atoms with Crippen molar-refractivity contribution in [2.24, 2.45) is 0 Å². The number of thioether (sulfide) groups is 1. The van der Waals surface area contributed by atoms with Crippen LogP contribution in [0.15, 0.2) is 40.2 Å². The van der Waals surface area contributed by atoms with Gasteiger partial charge in [-0.1, -0.05) is 29.1 Å². The second-order valence-corrected chi connectivity index (χ2v) is 7.96. The number of hydrogen-bond acceptors (Lipinski definition) is 9. The number of nitrogens with one attached hydrogen (secondary N) is 2. The highest BCUT2D eigenvalue weighted by atomic mass is 32.2. The van der Waals surface area contributed by atoms with E-state index in [1.165, 1.54) is 24.9 Å². The lowest BCUT2D eigenvalue weighted by atomic mass is 10.0. The average Bonchev–Trinajstić information content (AvgIpc) is 3.36. The maximum atomic E-state index is 12.3. The molecule has 0 spiro atoms. The predicted molar refractivity (Wildman–Crippen MR) is 117 cm³/mol. The molecule has 0 saturated carbocycles. The molecule has 1 saturated heterocycles. The number of nitrogens with zero attached hydrogens (tertiary/aromatic N) is 6. The Labute approximate surface area is 187 Å². The van der Waals surface area contributed by atoms with Gasteiger partial charge >= 0.3 is 6.09 Å². The number of aromatic nitrogens is 5. The van der Waals surface area contributed by atoms with Gasteiger partial charge in [-0.05, 0) is 17.7 Å². The maximum Gasteiger partial charge on any atom is 0.409 e. The molecule has 1 amide bonds. The zero-order valence-corrected chi connectivity index (χ0v) is 18.1. The Hall–Kier alpha value is -3.85. The largest absolute Gasteiger partial charge is 0.453 e. The smallest absolute Gasteiger partial charge is 0.409 e. The lowest BCUT2D eigenvalue weighted by Crippen LogP contribution is -2.48.